The number of nitrogens with zero attached hydrogens (tertiary/aromatic N) is 1. The maximum absolute atomic E-state index is 12.5. The Hall–Kier alpha value is -1.11. The van der Waals surface area contributed by atoms with Crippen molar-refractivity contribution in [2.24, 2.45) is 5.41 Å². The number of carbonyl (C=O) groups is 2. The number of likely N-dealkylation sites (tertiary alicyclic amines) is 1. The normalized spacial score (nSPS) is 31.9. The van der Waals surface area contributed by atoms with E-state index in [-0.39, 0.29) is 37.6 Å². The molecule has 2 heterocycles. The molecule has 4 nitrogen and oxygen atoms in total. The van der Waals surface area contributed by atoms with Crippen LogP contribution in [0.1, 0.15) is 33.1 Å². The van der Waals surface area contributed by atoms with Crippen LogP contribution in [0.15, 0.2) is 0 Å². The summed E-state index contributed by atoms with van der Waals surface area (Å²) < 4.78 is 37.5. The highest BCUT2D eigenvalue weighted by Gasteiger charge is 2.49. The Bertz CT molecular complexity index is 398. The number of hydrogen-bond donors (Lipinski definition) is 1. The highest BCUT2D eigenvalue weighted by Crippen LogP contribution is 2.35. The van der Waals surface area contributed by atoms with Crippen LogP contribution in [0.2, 0.25) is 0 Å². The van der Waals surface area contributed by atoms with E-state index in [1.807, 2.05) is 0 Å². The maximum Gasteiger partial charge on any atom is 0.403 e. The summed E-state index contributed by atoms with van der Waals surface area (Å²) in [5.74, 6) is -0.568. The molecule has 108 valence electrons. The van der Waals surface area contributed by atoms with Crippen molar-refractivity contribution in [1.29, 1.82) is 0 Å². The lowest BCUT2D eigenvalue weighted by Gasteiger charge is -2.35. The summed E-state index contributed by atoms with van der Waals surface area (Å²) in [7, 11) is 0. The first kappa shape index (κ1) is 14.3. The molecule has 7 heteroatoms. The molecule has 2 aliphatic heterocycles. The molecule has 2 amide bonds. The highest BCUT2D eigenvalue weighted by atomic mass is 19.4. The first-order chi connectivity index (χ1) is 8.63. The first-order valence-corrected chi connectivity index (χ1v) is 6.29. The molecule has 0 aromatic heterocycles. The molecule has 1 N–H and O–H groups in total. The Morgan fingerprint density at radius 1 is 1.26 bits per heavy atom. The van der Waals surface area contributed by atoms with E-state index >= 15 is 0 Å². The van der Waals surface area contributed by atoms with Crippen LogP contribution in [0, 0.1) is 5.41 Å². The van der Waals surface area contributed by atoms with Crippen LogP contribution < -0.4 is 5.32 Å². The topological polar surface area (TPSA) is 49.4 Å². The van der Waals surface area contributed by atoms with Crippen LogP contribution in [-0.4, -0.2) is 41.5 Å². The van der Waals surface area contributed by atoms with Crippen LogP contribution in [-0.2, 0) is 9.59 Å². The maximum atomic E-state index is 12.5. The van der Waals surface area contributed by atoms with E-state index in [0.29, 0.717) is 0 Å². The van der Waals surface area contributed by atoms with Gasteiger partial charge in [0.25, 0.3) is 0 Å². The minimum atomic E-state index is -4.27. The van der Waals surface area contributed by atoms with Gasteiger partial charge in [-0.1, -0.05) is 13.8 Å². The first-order valence-electron chi connectivity index (χ1n) is 6.29. The Kier molecular flexibility index (Phi) is 3.36. The van der Waals surface area contributed by atoms with Crippen LogP contribution in [0.25, 0.3) is 0 Å². The third kappa shape index (κ3) is 2.61. The minimum absolute atomic E-state index is 0.0116. The number of nitrogens with one attached hydrogen (secondary N) is 1. The van der Waals surface area contributed by atoms with E-state index < -0.39 is 23.7 Å². The molecular formula is C12H17F3N2O2. The number of carbonyl (C=O) groups excluding carboxylic acids is 2. The smallest absolute Gasteiger partial charge is 0.304 e. The van der Waals surface area contributed by atoms with Crippen molar-refractivity contribution in [3.63, 3.8) is 0 Å². The molecule has 0 saturated carbocycles. The molecule has 0 aromatic carbocycles. The van der Waals surface area contributed by atoms with Gasteiger partial charge in [0.1, 0.15) is 6.04 Å². The van der Waals surface area contributed by atoms with Gasteiger partial charge in [-0.25, -0.2) is 0 Å². The molecular weight excluding hydrogens is 261 g/mol. The van der Waals surface area contributed by atoms with Gasteiger partial charge in [0.2, 0.25) is 11.8 Å². The number of piperidine rings is 1. The molecule has 0 aliphatic carbocycles. The van der Waals surface area contributed by atoms with E-state index in [1.165, 1.54) is 0 Å². The van der Waals surface area contributed by atoms with E-state index in [1.54, 1.807) is 13.8 Å². The summed E-state index contributed by atoms with van der Waals surface area (Å²) in [5, 5.41) is 2.38. The number of hydrogen-bond acceptors (Lipinski definition) is 3. The van der Waals surface area contributed by atoms with Crippen LogP contribution >= 0.6 is 0 Å². The third-order valence-corrected chi connectivity index (χ3v) is 3.81. The molecule has 2 fully saturated rings. The Balaban J connectivity index is 2.03. The predicted molar refractivity (Wildman–Crippen MR) is 61.1 cm³/mol. The fourth-order valence-corrected chi connectivity index (χ4v) is 2.69. The Morgan fingerprint density at radius 3 is 2.26 bits per heavy atom. The predicted octanol–water partition coefficient (Wildman–Crippen LogP) is 1.45. The van der Waals surface area contributed by atoms with Gasteiger partial charge in [0.05, 0.1) is 11.5 Å². The molecule has 2 saturated heterocycles. The van der Waals surface area contributed by atoms with Gasteiger partial charge in [-0.05, 0) is 12.8 Å². The van der Waals surface area contributed by atoms with Gasteiger partial charge in [0, 0.05) is 13.0 Å². The second-order valence-corrected chi connectivity index (χ2v) is 5.86. The molecule has 19 heavy (non-hydrogen) atoms. The summed E-state index contributed by atoms with van der Waals surface area (Å²) in [6, 6.07) is -2.00. The molecule has 2 aliphatic rings. The number of amides is 2. The lowest BCUT2D eigenvalue weighted by molar-refractivity contribution is -0.164. The third-order valence-electron chi connectivity index (χ3n) is 3.81. The van der Waals surface area contributed by atoms with E-state index in [9.17, 15) is 22.8 Å². The number of alkyl halides is 3. The standard InChI is InChI=1S/C12H17F3N2O2/c1-11(2)5-9(18)17(10(11)19)7-3-4-8(16-6-7)12(13,14)15/h7-8,16H,3-6H2,1-2H3. The zero-order chi connectivity index (χ0) is 14.4. The van der Waals surface area contributed by atoms with Gasteiger partial charge in [-0.3, -0.25) is 14.5 Å². The largest absolute Gasteiger partial charge is 0.403 e. The SMILES string of the molecule is CC1(C)CC(=O)N(C2CCC(C(F)(F)F)NC2)C1=O. The lowest BCUT2D eigenvalue weighted by Crippen LogP contribution is -2.55. The van der Waals surface area contributed by atoms with Gasteiger partial charge in [-0.15, -0.1) is 0 Å². The van der Waals surface area contributed by atoms with E-state index in [4.69, 9.17) is 0 Å². The van der Waals surface area contributed by atoms with Crippen molar-refractivity contribution in [2.45, 2.75) is 51.4 Å². The van der Waals surface area contributed by atoms with Gasteiger partial charge < -0.3 is 5.32 Å². The fourth-order valence-electron chi connectivity index (χ4n) is 2.69. The van der Waals surface area contributed by atoms with E-state index in [0.717, 1.165) is 4.90 Å². The lowest BCUT2D eigenvalue weighted by atomic mass is 9.91. The number of imide groups is 1. The Morgan fingerprint density at radius 2 is 1.89 bits per heavy atom. The molecule has 2 atom stereocenters. The summed E-state index contributed by atoms with van der Waals surface area (Å²) >= 11 is 0. The molecule has 0 radical (unpaired) electrons. The second kappa shape index (κ2) is 4.47. The zero-order valence-electron chi connectivity index (χ0n) is 10.9. The quantitative estimate of drug-likeness (QED) is 0.739. The van der Waals surface area contributed by atoms with Crippen molar-refractivity contribution in [1.82, 2.24) is 10.2 Å². The van der Waals surface area contributed by atoms with Crippen molar-refractivity contribution >= 4 is 11.8 Å². The van der Waals surface area contributed by atoms with Crippen LogP contribution in [0.5, 0.6) is 0 Å². The van der Waals surface area contributed by atoms with Crippen molar-refractivity contribution in [3.8, 4) is 0 Å². The van der Waals surface area contributed by atoms with Gasteiger partial charge in [0.15, 0.2) is 0 Å². The number of halogens is 3. The van der Waals surface area contributed by atoms with Crippen LogP contribution in [0.3, 0.4) is 0 Å². The van der Waals surface area contributed by atoms with Gasteiger partial charge in [-0.2, -0.15) is 13.2 Å². The van der Waals surface area contributed by atoms with Crippen LogP contribution in [0.4, 0.5) is 13.2 Å². The molecule has 0 spiro atoms. The highest BCUT2D eigenvalue weighted by molar-refractivity contribution is 6.05. The fraction of sp³-hybridized carbons (Fsp3) is 0.833. The molecule has 0 bridgehead atoms. The van der Waals surface area contributed by atoms with Crippen molar-refractivity contribution in [3.05, 3.63) is 0 Å². The molecule has 0 aromatic rings. The average molecular weight is 278 g/mol. The minimum Gasteiger partial charge on any atom is -0.304 e. The van der Waals surface area contributed by atoms with Crippen molar-refractivity contribution < 1.29 is 22.8 Å². The average Bonchev–Trinajstić information content (AvgIpc) is 2.47. The summed E-state index contributed by atoms with van der Waals surface area (Å²) in [4.78, 5) is 25.1. The van der Waals surface area contributed by atoms with E-state index in [2.05, 4.69) is 5.32 Å². The van der Waals surface area contributed by atoms with Crippen molar-refractivity contribution in [2.75, 3.05) is 6.54 Å². The summed E-state index contributed by atoms with van der Waals surface area (Å²) in [6.07, 6.45) is -4.05. The Labute approximate surface area is 109 Å². The number of rotatable bonds is 1. The monoisotopic (exact) mass is 278 g/mol. The summed E-state index contributed by atoms with van der Waals surface area (Å²) in [6.45, 7) is 3.38. The van der Waals surface area contributed by atoms with Gasteiger partial charge >= 0.3 is 6.18 Å². The molecule has 2 unspecified atom stereocenters. The second-order valence-electron chi connectivity index (χ2n) is 5.86. The molecule has 2 rings (SSSR count). The zero-order valence-corrected chi connectivity index (χ0v) is 10.9. The summed E-state index contributed by atoms with van der Waals surface area (Å²) in [5.41, 5.74) is -0.738.